The molecule has 0 aliphatic carbocycles. The number of benzene rings is 1. The molecule has 0 spiro atoms. The van der Waals surface area contributed by atoms with Gasteiger partial charge in [-0.3, -0.25) is 4.21 Å². The van der Waals surface area contributed by atoms with E-state index in [1.54, 1.807) is 0 Å². The molecule has 3 heteroatoms. The molecule has 0 saturated heterocycles. The van der Waals surface area contributed by atoms with E-state index < -0.39 is 9.52 Å². The summed E-state index contributed by atoms with van der Waals surface area (Å²) in [4.78, 5) is 0.793. The molecule has 84 valence electrons. The molecule has 15 heavy (non-hydrogen) atoms. The molecule has 0 aliphatic heterocycles. The first-order valence-electron chi connectivity index (χ1n) is 5.07. The minimum atomic E-state index is -2.10. The van der Waals surface area contributed by atoms with Gasteiger partial charge in [-0.05, 0) is 53.5 Å². The van der Waals surface area contributed by atoms with Crippen molar-refractivity contribution in [1.29, 1.82) is 0 Å². The summed E-state index contributed by atoms with van der Waals surface area (Å²) in [7, 11) is -2.10. The predicted octanol–water partition coefficient (Wildman–Crippen LogP) is 2.57. The van der Waals surface area contributed by atoms with Crippen LogP contribution in [0.25, 0.3) is 0 Å². The molecule has 1 aromatic rings. The van der Waals surface area contributed by atoms with Crippen LogP contribution in [-0.2, 0) is 9.52 Å². The van der Waals surface area contributed by atoms with Crippen LogP contribution in [0.1, 0.15) is 20.8 Å². The monoisotopic (exact) mass is 226 g/mol. The zero-order valence-electron chi connectivity index (χ0n) is 9.53. The Bertz CT molecular complexity index is 402. The Kier molecular flexibility index (Phi) is 3.80. The van der Waals surface area contributed by atoms with Gasteiger partial charge in [0, 0.05) is 10.6 Å². The van der Waals surface area contributed by atoms with Crippen molar-refractivity contribution < 1.29 is 8.95 Å². The lowest BCUT2D eigenvalue weighted by Crippen LogP contribution is -2.06. The summed E-state index contributed by atoms with van der Waals surface area (Å²) in [6.07, 6.45) is 0.158. The summed E-state index contributed by atoms with van der Waals surface area (Å²) >= 11 is 0. The Hall–Kier alpha value is -0.960. The highest BCUT2D eigenvalue weighted by molar-refractivity contribution is 8.00. The van der Waals surface area contributed by atoms with E-state index in [1.807, 2.05) is 45.0 Å². The fraction of sp³-hybridized carbons (Fsp3) is 0.417. The van der Waals surface area contributed by atoms with Crippen molar-refractivity contribution in [1.82, 2.24) is 0 Å². The second kappa shape index (κ2) is 4.71. The lowest BCUT2D eigenvalue weighted by Gasteiger charge is -2.11. The standard InChI is InChI=1S/C12H18O2S/c1-5-15(4,13)12-8-6-11(7-9-12)14-10(2)3/h6-10H,4-5H2,1-3H3. The average molecular weight is 226 g/mol. The topological polar surface area (TPSA) is 26.3 Å². The number of ether oxygens (including phenoxy) is 1. The van der Waals surface area contributed by atoms with Crippen LogP contribution in [0.3, 0.4) is 0 Å². The third-order valence-electron chi connectivity index (χ3n) is 2.09. The molecule has 1 atom stereocenters. The highest BCUT2D eigenvalue weighted by Crippen LogP contribution is 2.17. The smallest absolute Gasteiger partial charge is 0.119 e. The molecule has 1 rings (SSSR count). The lowest BCUT2D eigenvalue weighted by molar-refractivity contribution is 0.242. The highest BCUT2D eigenvalue weighted by atomic mass is 32.2. The molecule has 0 amide bonds. The quantitative estimate of drug-likeness (QED) is 0.738. The molecule has 0 heterocycles. The largest absolute Gasteiger partial charge is 0.491 e. The zero-order chi connectivity index (χ0) is 11.5. The fourth-order valence-electron chi connectivity index (χ4n) is 1.21. The molecule has 1 unspecified atom stereocenters. The van der Waals surface area contributed by atoms with Crippen LogP contribution in [-0.4, -0.2) is 21.9 Å². The molecule has 1 aromatic carbocycles. The van der Waals surface area contributed by atoms with Crippen molar-refractivity contribution in [2.45, 2.75) is 31.8 Å². The van der Waals surface area contributed by atoms with Crippen LogP contribution in [0.2, 0.25) is 0 Å². The van der Waals surface area contributed by atoms with Gasteiger partial charge in [0.25, 0.3) is 0 Å². The van der Waals surface area contributed by atoms with Gasteiger partial charge >= 0.3 is 0 Å². The normalized spacial score (nSPS) is 14.9. The molecule has 0 saturated carbocycles. The Labute approximate surface area is 92.3 Å². The van der Waals surface area contributed by atoms with Gasteiger partial charge in [-0.15, -0.1) is 0 Å². The van der Waals surface area contributed by atoms with Gasteiger partial charge in [0.05, 0.1) is 6.10 Å². The van der Waals surface area contributed by atoms with Crippen LogP contribution >= 0.6 is 0 Å². The Morgan fingerprint density at radius 3 is 2.27 bits per heavy atom. The van der Waals surface area contributed by atoms with E-state index in [1.165, 1.54) is 0 Å². The van der Waals surface area contributed by atoms with Crippen LogP contribution in [0.5, 0.6) is 5.75 Å². The second-order valence-corrected chi connectivity index (χ2v) is 6.41. The first-order chi connectivity index (χ1) is 6.95. The summed E-state index contributed by atoms with van der Waals surface area (Å²) in [5.41, 5.74) is 0. The molecule has 0 bridgehead atoms. The van der Waals surface area contributed by atoms with Crippen molar-refractivity contribution in [3.05, 3.63) is 24.3 Å². The number of hydrogen-bond donors (Lipinski definition) is 0. The van der Waals surface area contributed by atoms with Crippen LogP contribution in [0.15, 0.2) is 29.2 Å². The molecule has 0 N–H and O–H groups in total. The third-order valence-corrected chi connectivity index (χ3v) is 4.16. The van der Waals surface area contributed by atoms with Crippen LogP contribution in [0, 0.1) is 0 Å². The fourth-order valence-corrected chi connectivity index (χ4v) is 2.17. The Morgan fingerprint density at radius 2 is 1.87 bits per heavy atom. The van der Waals surface area contributed by atoms with E-state index in [2.05, 4.69) is 5.87 Å². The maximum Gasteiger partial charge on any atom is 0.119 e. The predicted molar refractivity (Wildman–Crippen MR) is 66.3 cm³/mol. The minimum absolute atomic E-state index is 0.158. The SMILES string of the molecule is C=S(=O)(CC)c1ccc(OC(C)C)cc1. The molecule has 0 radical (unpaired) electrons. The van der Waals surface area contributed by atoms with Crippen molar-refractivity contribution >= 4 is 15.4 Å². The minimum Gasteiger partial charge on any atom is -0.491 e. The summed E-state index contributed by atoms with van der Waals surface area (Å²) in [6.45, 7) is 5.84. The molecular weight excluding hydrogens is 208 g/mol. The van der Waals surface area contributed by atoms with Gasteiger partial charge in [-0.25, -0.2) is 0 Å². The van der Waals surface area contributed by atoms with E-state index in [9.17, 15) is 4.21 Å². The summed E-state index contributed by atoms with van der Waals surface area (Å²) in [5, 5.41) is 0. The van der Waals surface area contributed by atoms with Crippen molar-refractivity contribution in [2.75, 3.05) is 5.75 Å². The highest BCUT2D eigenvalue weighted by Gasteiger charge is 2.05. The Balaban J connectivity index is 2.91. The van der Waals surface area contributed by atoms with Gasteiger partial charge in [-0.2, -0.15) is 0 Å². The third kappa shape index (κ3) is 3.27. The van der Waals surface area contributed by atoms with Gasteiger partial charge in [0.2, 0.25) is 0 Å². The van der Waals surface area contributed by atoms with Gasteiger partial charge in [0.15, 0.2) is 0 Å². The Morgan fingerprint density at radius 1 is 1.33 bits per heavy atom. The molecular formula is C12H18O2S. The molecule has 2 nitrogen and oxygen atoms in total. The van der Waals surface area contributed by atoms with Crippen LogP contribution < -0.4 is 4.74 Å². The van der Waals surface area contributed by atoms with Gasteiger partial charge in [0.1, 0.15) is 5.75 Å². The van der Waals surface area contributed by atoms with E-state index in [4.69, 9.17) is 4.74 Å². The first kappa shape index (κ1) is 12.1. The van der Waals surface area contributed by atoms with Crippen molar-refractivity contribution in [3.8, 4) is 5.75 Å². The van der Waals surface area contributed by atoms with Crippen molar-refractivity contribution in [3.63, 3.8) is 0 Å². The van der Waals surface area contributed by atoms with Gasteiger partial charge < -0.3 is 4.74 Å². The van der Waals surface area contributed by atoms with E-state index in [0.717, 1.165) is 10.6 Å². The van der Waals surface area contributed by atoms with E-state index >= 15 is 0 Å². The molecule has 0 aromatic heterocycles. The zero-order valence-corrected chi connectivity index (χ0v) is 10.3. The lowest BCUT2D eigenvalue weighted by atomic mass is 10.3. The maximum atomic E-state index is 11.9. The van der Waals surface area contributed by atoms with E-state index in [0.29, 0.717) is 5.75 Å². The summed E-state index contributed by atoms with van der Waals surface area (Å²) in [6, 6.07) is 7.35. The average Bonchev–Trinajstić information content (AvgIpc) is 2.18. The summed E-state index contributed by atoms with van der Waals surface area (Å²) in [5.74, 6) is 5.11. The van der Waals surface area contributed by atoms with Gasteiger partial charge in [-0.1, -0.05) is 6.92 Å². The first-order valence-corrected chi connectivity index (χ1v) is 6.97. The summed E-state index contributed by atoms with van der Waals surface area (Å²) < 4.78 is 17.4. The molecule has 0 aliphatic rings. The van der Waals surface area contributed by atoms with Crippen LogP contribution in [0.4, 0.5) is 0 Å². The van der Waals surface area contributed by atoms with E-state index in [-0.39, 0.29) is 6.10 Å². The second-order valence-electron chi connectivity index (χ2n) is 3.74. The number of rotatable bonds is 4. The van der Waals surface area contributed by atoms with Crippen molar-refractivity contribution in [2.24, 2.45) is 0 Å². The number of hydrogen-bond acceptors (Lipinski definition) is 2. The molecule has 0 fully saturated rings. The maximum absolute atomic E-state index is 11.9.